The first-order valence-corrected chi connectivity index (χ1v) is 9.72. The minimum absolute atomic E-state index is 0.320. The predicted molar refractivity (Wildman–Crippen MR) is 110 cm³/mol. The zero-order valence-corrected chi connectivity index (χ0v) is 16.0. The number of aromatic nitrogens is 3. The smallest absolute Gasteiger partial charge is 0.331 e. The van der Waals surface area contributed by atoms with Gasteiger partial charge in [-0.2, -0.15) is 5.10 Å². The number of pyridine rings is 1. The summed E-state index contributed by atoms with van der Waals surface area (Å²) in [6.07, 6.45) is 10.8. The molecule has 29 heavy (non-hydrogen) atoms. The van der Waals surface area contributed by atoms with Gasteiger partial charge < -0.3 is 10.1 Å². The summed E-state index contributed by atoms with van der Waals surface area (Å²) in [4.78, 5) is 28.5. The Kier molecular flexibility index (Phi) is 5.65. The summed E-state index contributed by atoms with van der Waals surface area (Å²) in [5, 5.41) is 8.07. The Morgan fingerprint density at radius 1 is 1.14 bits per heavy atom. The van der Waals surface area contributed by atoms with Gasteiger partial charge in [0.2, 0.25) is 0 Å². The van der Waals surface area contributed by atoms with Gasteiger partial charge in [0.1, 0.15) is 5.82 Å². The monoisotopic (exact) mass is 390 g/mol. The van der Waals surface area contributed by atoms with Crippen LogP contribution in [0.1, 0.15) is 37.3 Å². The van der Waals surface area contributed by atoms with Crippen LogP contribution in [0.15, 0.2) is 54.9 Å². The van der Waals surface area contributed by atoms with E-state index in [-0.39, 0.29) is 6.61 Å². The van der Waals surface area contributed by atoms with E-state index < -0.39 is 11.9 Å². The van der Waals surface area contributed by atoms with E-state index in [9.17, 15) is 9.59 Å². The Hall–Kier alpha value is -3.48. The third-order valence-corrected chi connectivity index (χ3v) is 5.02. The number of hydrogen-bond acceptors (Lipinski definition) is 5. The van der Waals surface area contributed by atoms with Crippen LogP contribution in [0, 0.1) is 0 Å². The van der Waals surface area contributed by atoms with E-state index in [2.05, 4.69) is 15.4 Å². The first kappa shape index (κ1) is 18.9. The summed E-state index contributed by atoms with van der Waals surface area (Å²) in [5.41, 5.74) is 1.61. The number of rotatable bonds is 6. The minimum atomic E-state index is -0.586. The quantitative estimate of drug-likeness (QED) is 0.512. The number of esters is 1. The lowest BCUT2D eigenvalue weighted by Gasteiger charge is -2.14. The Labute approximate surface area is 168 Å². The Bertz CT molecular complexity index is 1050. The van der Waals surface area contributed by atoms with E-state index in [0.717, 1.165) is 29.3 Å². The number of carbonyl (C=O) groups is 2. The molecule has 0 bridgehead atoms. The number of ether oxygens (including phenoxy) is 1. The van der Waals surface area contributed by atoms with Crippen LogP contribution in [-0.4, -0.2) is 33.2 Å². The van der Waals surface area contributed by atoms with Crippen molar-refractivity contribution in [1.29, 1.82) is 0 Å². The highest BCUT2D eigenvalue weighted by molar-refractivity contribution is 5.95. The second-order valence-corrected chi connectivity index (χ2v) is 7.01. The summed E-state index contributed by atoms with van der Waals surface area (Å²) in [6.45, 7) is -0.354. The summed E-state index contributed by atoms with van der Waals surface area (Å²) in [6, 6.07) is 11.6. The van der Waals surface area contributed by atoms with Crippen LogP contribution >= 0.6 is 0 Å². The number of para-hydroxylation sites is 1. The van der Waals surface area contributed by atoms with Gasteiger partial charge in [0.15, 0.2) is 6.61 Å². The standard InChI is InChI=1S/C22H22N4O3/c27-20(25-19-12-14-24-26(19)18-8-1-2-9-18)15-29-21(28)11-10-17-6-3-5-16-7-4-13-23-22(16)17/h3-7,10-14,18H,1-2,8-9,15H2,(H,25,27)/b11-10+. The molecule has 2 aromatic heterocycles. The Morgan fingerprint density at radius 2 is 1.97 bits per heavy atom. The zero-order valence-electron chi connectivity index (χ0n) is 16.0. The molecule has 2 heterocycles. The van der Waals surface area contributed by atoms with Crippen LogP contribution in [0.3, 0.4) is 0 Å². The predicted octanol–water partition coefficient (Wildman–Crippen LogP) is 3.74. The maximum Gasteiger partial charge on any atom is 0.331 e. The number of carbonyl (C=O) groups excluding carboxylic acids is 2. The molecule has 0 atom stereocenters. The fraction of sp³-hybridized carbons (Fsp3) is 0.273. The normalized spacial score (nSPS) is 14.5. The van der Waals surface area contributed by atoms with Gasteiger partial charge in [-0.05, 0) is 25.0 Å². The molecule has 1 aromatic carbocycles. The van der Waals surface area contributed by atoms with Crippen molar-refractivity contribution in [2.24, 2.45) is 0 Å². The largest absolute Gasteiger partial charge is 0.452 e. The van der Waals surface area contributed by atoms with E-state index in [1.54, 1.807) is 24.5 Å². The highest BCUT2D eigenvalue weighted by atomic mass is 16.5. The van der Waals surface area contributed by atoms with E-state index in [1.165, 1.54) is 18.9 Å². The second-order valence-electron chi connectivity index (χ2n) is 7.01. The molecular weight excluding hydrogens is 368 g/mol. The van der Waals surface area contributed by atoms with Crippen LogP contribution in [0.25, 0.3) is 17.0 Å². The first-order valence-electron chi connectivity index (χ1n) is 9.72. The third kappa shape index (κ3) is 4.51. The van der Waals surface area contributed by atoms with Gasteiger partial charge in [0, 0.05) is 29.3 Å². The number of nitrogens with zero attached hydrogens (tertiary/aromatic N) is 3. The number of fused-ring (bicyclic) bond motifs is 1. The number of hydrogen-bond donors (Lipinski definition) is 1. The molecule has 3 aromatic rings. The van der Waals surface area contributed by atoms with E-state index in [0.29, 0.717) is 11.9 Å². The molecule has 1 saturated carbocycles. The molecular formula is C22H22N4O3. The van der Waals surface area contributed by atoms with Crippen LogP contribution in [0.5, 0.6) is 0 Å². The molecule has 1 aliphatic carbocycles. The molecule has 0 aliphatic heterocycles. The van der Waals surface area contributed by atoms with Crippen LogP contribution in [0.2, 0.25) is 0 Å². The van der Waals surface area contributed by atoms with Gasteiger partial charge in [0.05, 0.1) is 17.8 Å². The van der Waals surface area contributed by atoms with E-state index >= 15 is 0 Å². The van der Waals surface area contributed by atoms with Crippen LogP contribution in [0.4, 0.5) is 5.82 Å². The lowest BCUT2D eigenvalue weighted by molar-refractivity contribution is -0.142. The molecule has 1 amide bonds. The van der Waals surface area contributed by atoms with E-state index in [1.807, 2.05) is 35.0 Å². The average Bonchev–Trinajstić information content (AvgIpc) is 3.42. The Morgan fingerprint density at radius 3 is 2.83 bits per heavy atom. The number of anilines is 1. The summed E-state index contributed by atoms with van der Waals surface area (Å²) in [5.74, 6) is -0.342. The Balaban J connectivity index is 1.32. The van der Waals surface area contributed by atoms with E-state index in [4.69, 9.17) is 4.74 Å². The van der Waals surface area contributed by atoms with Gasteiger partial charge in [-0.25, -0.2) is 9.48 Å². The van der Waals surface area contributed by atoms with Gasteiger partial charge in [-0.3, -0.25) is 9.78 Å². The molecule has 7 heteroatoms. The fourth-order valence-electron chi connectivity index (χ4n) is 3.64. The SMILES string of the molecule is O=C(COC(=O)/C=C/c1cccc2cccnc12)Nc1ccnn1C1CCCC1. The van der Waals surface area contributed by atoms with Crippen molar-refractivity contribution in [3.63, 3.8) is 0 Å². The highest BCUT2D eigenvalue weighted by Gasteiger charge is 2.20. The molecule has 0 spiro atoms. The topological polar surface area (TPSA) is 86.1 Å². The fourth-order valence-corrected chi connectivity index (χ4v) is 3.64. The third-order valence-electron chi connectivity index (χ3n) is 5.02. The number of nitrogens with one attached hydrogen (secondary N) is 1. The maximum atomic E-state index is 12.2. The van der Waals surface area contributed by atoms with Crippen molar-refractivity contribution < 1.29 is 14.3 Å². The van der Waals surface area contributed by atoms with Crippen molar-refractivity contribution in [2.45, 2.75) is 31.7 Å². The number of benzene rings is 1. The highest BCUT2D eigenvalue weighted by Crippen LogP contribution is 2.31. The van der Waals surface area contributed by atoms with Gasteiger partial charge >= 0.3 is 5.97 Å². The van der Waals surface area contributed by atoms with Crippen LogP contribution < -0.4 is 5.32 Å². The van der Waals surface area contributed by atoms with Crippen molar-refractivity contribution in [1.82, 2.24) is 14.8 Å². The molecule has 1 aliphatic rings. The average molecular weight is 390 g/mol. The molecule has 0 radical (unpaired) electrons. The van der Waals surface area contributed by atoms with Gasteiger partial charge in [-0.1, -0.05) is 37.1 Å². The number of amides is 1. The van der Waals surface area contributed by atoms with Gasteiger partial charge in [-0.15, -0.1) is 0 Å². The summed E-state index contributed by atoms with van der Waals surface area (Å²) < 4.78 is 6.91. The lowest BCUT2D eigenvalue weighted by Crippen LogP contribution is -2.22. The van der Waals surface area contributed by atoms with Crippen molar-refractivity contribution in [2.75, 3.05) is 11.9 Å². The molecule has 1 fully saturated rings. The molecule has 7 nitrogen and oxygen atoms in total. The zero-order chi connectivity index (χ0) is 20.1. The molecule has 148 valence electrons. The first-order chi connectivity index (χ1) is 14.2. The minimum Gasteiger partial charge on any atom is -0.452 e. The molecule has 0 saturated heterocycles. The van der Waals surface area contributed by atoms with Crippen molar-refractivity contribution in [3.8, 4) is 0 Å². The molecule has 4 rings (SSSR count). The van der Waals surface area contributed by atoms with Gasteiger partial charge in [0.25, 0.3) is 5.91 Å². The van der Waals surface area contributed by atoms with Crippen LogP contribution in [-0.2, 0) is 14.3 Å². The van der Waals surface area contributed by atoms with Crippen molar-refractivity contribution in [3.05, 3.63) is 60.4 Å². The summed E-state index contributed by atoms with van der Waals surface area (Å²) in [7, 11) is 0. The maximum absolute atomic E-state index is 12.2. The molecule has 0 unspecified atom stereocenters. The summed E-state index contributed by atoms with van der Waals surface area (Å²) >= 11 is 0. The van der Waals surface area contributed by atoms with Crippen molar-refractivity contribution >= 4 is 34.7 Å². The lowest BCUT2D eigenvalue weighted by atomic mass is 10.1. The second kappa shape index (κ2) is 8.68. The molecule has 1 N–H and O–H groups in total.